The maximum atomic E-state index is 12.5. The Bertz CT molecular complexity index is 920. The van der Waals surface area contributed by atoms with Crippen LogP contribution in [-0.2, 0) is 21.9 Å². The van der Waals surface area contributed by atoms with E-state index < -0.39 is 10.0 Å². The van der Waals surface area contributed by atoms with Gasteiger partial charge in [-0.25, -0.2) is 0 Å². The number of rotatable bonds is 4. The highest BCUT2D eigenvalue weighted by molar-refractivity contribution is 7.90. The topological polar surface area (TPSA) is 80.5 Å². The number of hydrogen-bond acceptors (Lipinski definition) is 4. The van der Waals surface area contributed by atoms with Gasteiger partial charge >= 0.3 is 0 Å². The summed E-state index contributed by atoms with van der Waals surface area (Å²) < 4.78 is 30.8. The monoisotopic (exact) mass is 367 g/mol. The molecule has 0 aliphatic rings. The van der Waals surface area contributed by atoms with Gasteiger partial charge in [0.05, 0.1) is 4.90 Å². The minimum absolute atomic E-state index is 0.0914. The first-order valence-electron chi connectivity index (χ1n) is 7.47. The van der Waals surface area contributed by atoms with Gasteiger partial charge < -0.3 is 9.88 Å². The van der Waals surface area contributed by atoms with E-state index >= 15 is 0 Å². The zero-order valence-corrected chi connectivity index (χ0v) is 16.0. The van der Waals surface area contributed by atoms with Crippen LogP contribution in [0, 0.1) is 6.92 Å². The van der Waals surface area contributed by atoms with Gasteiger partial charge in [-0.05, 0) is 37.1 Å². The Labute approximate surface area is 145 Å². The zero-order valence-electron chi connectivity index (χ0n) is 14.3. The number of sulfonamides is 1. The fraction of sp³-hybridized carbons (Fsp3) is 0.375. The summed E-state index contributed by atoms with van der Waals surface area (Å²) in [5.74, 6) is 0.0994. The molecule has 2 aromatic rings. The second-order valence-electron chi connectivity index (χ2n) is 5.82. The van der Waals surface area contributed by atoms with E-state index in [4.69, 9.17) is 0 Å². The van der Waals surface area contributed by atoms with E-state index in [0.29, 0.717) is 16.4 Å². The average molecular weight is 367 g/mol. The summed E-state index contributed by atoms with van der Waals surface area (Å²) in [7, 11) is -2.00. The lowest BCUT2D eigenvalue weighted by atomic mass is 10.1. The molecule has 0 bridgehead atoms. The van der Waals surface area contributed by atoms with Gasteiger partial charge in [-0.15, -0.1) is 15.7 Å². The van der Waals surface area contributed by atoms with Crippen LogP contribution in [0.4, 0.5) is 5.69 Å². The Balaban J connectivity index is 2.45. The van der Waals surface area contributed by atoms with Crippen molar-refractivity contribution < 1.29 is 13.2 Å². The molecule has 24 heavy (non-hydrogen) atoms. The number of carbonyl (C=O) groups excluding carboxylic acids is 1. The summed E-state index contributed by atoms with van der Waals surface area (Å²) in [4.78, 5) is 12.7. The van der Waals surface area contributed by atoms with Crippen molar-refractivity contribution in [3.63, 3.8) is 0 Å². The minimum Gasteiger partial charge on any atom is -0.326 e. The van der Waals surface area contributed by atoms with E-state index in [1.807, 2.05) is 14.0 Å². The van der Waals surface area contributed by atoms with Crippen LogP contribution in [0.5, 0.6) is 0 Å². The Kier molecular flexibility index (Phi) is 5.29. The second-order valence-corrected chi connectivity index (χ2v) is 8.43. The molecule has 0 radical (unpaired) electrons. The fourth-order valence-electron chi connectivity index (χ4n) is 2.23. The lowest BCUT2D eigenvalue weighted by molar-refractivity contribution is -0.114. The molecule has 0 saturated heterocycles. The highest BCUT2D eigenvalue weighted by atomic mass is 32.2. The molecule has 130 valence electrons. The summed E-state index contributed by atoms with van der Waals surface area (Å²) in [5, 5.41) is 2.60. The van der Waals surface area contributed by atoms with Gasteiger partial charge in [0, 0.05) is 30.2 Å². The molecule has 1 aromatic heterocycles. The van der Waals surface area contributed by atoms with Crippen LogP contribution in [0.15, 0.2) is 33.6 Å². The molecule has 0 aliphatic carbocycles. The van der Waals surface area contributed by atoms with Crippen molar-refractivity contribution in [3.05, 3.63) is 39.6 Å². The smallest absolute Gasteiger partial charge is 0.285 e. The molecule has 1 aromatic carbocycles. The SMILES string of the molecule is CC(=O)Nc1ccc(S(=O)(=O)/N=c2\sc(C(C)C)c(C)n2C)cc1. The zero-order chi connectivity index (χ0) is 18.1. The van der Waals surface area contributed by atoms with Gasteiger partial charge in [0.2, 0.25) is 10.7 Å². The van der Waals surface area contributed by atoms with E-state index in [-0.39, 0.29) is 10.8 Å². The lowest BCUT2D eigenvalue weighted by Gasteiger charge is -2.03. The average Bonchev–Trinajstić information content (AvgIpc) is 2.75. The molecule has 1 heterocycles. The number of anilines is 1. The maximum absolute atomic E-state index is 12.5. The van der Waals surface area contributed by atoms with Gasteiger partial charge in [0.1, 0.15) is 0 Å². The van der Waals surface area contributed by atoms with Crippen molar-refractivity contribution in [2.24, 2.45) is 11.4 Å². The van der Waals surface area contributed by atoms with Crippen LogP contribution in [0.25, 0.3) is 0 Å². The molecule has 0 aliphatic heterocycles. The molecule has 2 rings (SSSR count). The molecular weight excluding hydrogens is 346 g/mol. The van der Waals surface area contributed by atoms with Crippen LogP contribution in [0.1, 0.15) is 37.3 Å². The van der Waals surface area contributed by atoms with Gasteiger partial charge in [-0.3, -0.25) is 4.79 Å². The first-order chi connectivity index (χ1) is 11.1. The highest BCUT2D eigenvalue weighted by Gasteiger charge is 2.16. The fourth-order valence-corrected chi connectivity index (χ4v) is 4.58. The van der Waals surface area contributed by atoms with Crippen molar-refractivity contribution >= 4 is 33.0 Å². The van der Waals surface area contributed by atoms with E-state index in [2.05, 4.69) is 23.6 Å². The number of amides is 1. The number of carbonyl (C=O) groups is 1. The summed E-state index contributed by atoms with van der Waals surface area (Å²) in [6, 6.07) is 5.97. The Morgan fingerprint density at radius 2 is 1.83 bits per heavy atom. The quantitative estimate of drug-likeness (QED) is 0.902. The molecule has 0 saturated carbocycles. The van der Waals surface area contributed by atoms with E-state index in [0.717, 1.165) is 10.6 Å². The lowest BCUT2D eigenvalue weighted by Crippen LogP contribution is -2.15. The minimum atomic E-state index is -3.81. The van der Waals surface area contributed by atoms with E-state index in [1.165, 1.54) is 30.4 Å². The maximum Gasteiger partial charge on any atom is 0.285 e. The number of nitrogens with one attached hydrogen (secondary N) is 1. The standard InChI is InChI=1S/C16H21N3O3S2/c1-10(2)15-11(3)19(5)16(23-15)18-24(21,22)14-8-6-13(7-9-14)17-12(4)20/h6-10H,1-5H3,(H,17,20)/b18-16-. The molecule has 0 unspecified atom stereocenters. The van der Waals surface area contributed by atoms with Crippen molar-refractivity contribution in [3.8, 4) is 0 Å². The molecule has 0 spiro atoms. The molecule has 6 nitrogen and oxygen atoms in total. The predicted octanol–water partition coefficient (Wildman–Crippen LogP) is 2.77. The number of nitrogens with zero attached hydrogens (tertiary/aromatic N) is 2. The largest absolute Gasteiger partial charge is 0.326 e. The predicted molar refractivity (Wildman–Crippen MR) is 95.6 cm³/mol. The van der Waals surface area contributed by atoms with Gasteiger partial charge in [0.25, 0.3) is 10.0 Å². The van der Waals surface area contributed by atoms with E-state index in [1.54, 1.807) is 16.7 Å². The molecule has 0 fully saturated rings. The van der Waals surface area contributed by atoms with Crippen molar-refractivity contribution in [2.45, 2.75) is 38.5 Å². The van der Waals surface area contributed by atoms with Crippen LogP contribution in [0.3, 0.4) is 0 Å². The number of hydrogen-bond donors (Lipinski definition) is 1. The summed E-state index contributed by atoms with van der Waals surface area (Å²) in [6.07, 6.45) is 0. The second kappa shape index (κ2) is 6.90. The third-order valence-corrected chi connectivity index (χ3v) is 6.47. The number of thiazole rings is 1. The van der Waals surface area contributed by atoms with Gasteiger partial charge in [-0.1, -0.05) is 13.8 Å². The first-order valence-corrected chi connectivity index (χ1v) is 9.72. The van der Waals surface area contributed by atoms with Gasteiger partial charge in [0.15, 0.2) is 0 Å². The normalized spacial score (nSPS) is 12.7. The molecule has 8 heteroatoms. The molecular formula is C16H21N3O3S2. The van der Waals surface area contributed by atoms with Crippen LogP contribution in [0.2, 0.25) is 0 Å². The number of benzene rings is 1. The molecule has 1 amide bonds. The Morgan fingerprint density at radius 1 is 1.25 bits per heavy atom. The van der Waals surface area contributed by atoms with Crippen molar-refractivity contribution in [1.82, 2.24) is 4.57 Å². The van der Waals surface area contributed by atoms with E-state index in [9.17, 15) is 13.2 Å². The van der Waals surface area contributed by atoms with Gasteiger partial charge in [-0.2, -0.15) is 8.42 Å². The summed E-state index contributed by atoms with van der Waals surface area (Å²) >= 11 is 1.39. The molecule has 0 atom stereocenters. The summed E-state index contributed by atoms with van der Waals surface area (Å²) in [5.41, 5.74) is 1.56. The first kappa shape index (κ1) is 18.4. The van der Waals surface area contributed by atoms with Crippen LogP contribution in [-0.4, -0.2) is 18.9 Å². The summed E-state index contributed by atoms with van der Waals surface area (Å²) in [6.45, 7) is 7.49. The molecule has 1 N–H and O–H groups in total. The van der Waals surface area contributed by atoms with Crippen molar-refractivity contribution in [1.29, 1.82) is 0 Å². The van der Waals surface area contributed by atoms with Crippen molar-refractivity contribution in [2.75, 3.05) is 5.32 Å². The number of aromatic nitrogens is 1. The Morgan fingerprint density at radius 3 is 2.29 bits per heavy atom. The Hall–Kier alpha value is -1.93. The van der Waals surface area contributed by atoms with Crippen LogP contribution >= 0.6 is 11.3 Å². The third-order valence-electron chi connectivity index (χ3n) is 3.54. The third kappa shape index (κ3) is 3.93. The van der Waals surface area contributed by atoms with Crippen LogP contribution < -0.4 is 10.1 Å². The highest BCUT2D eigenvalue weighted by Crippen LogP contribution is 2.22.